The highest BCUT2D eigenvalue weighted by atomic mass is 15.1. The minimum absolute atomic E-state index is 0.587. The molecule has 0 aromatic heterocycles. The van der Waals surface area contributed by atoms with Crippen molar-refractivity contribution in [1.82, 2.24) is 4.90 Å². The van der Waals surface area contributed by atoms with Gasteiger partial charge in [-0.3, -0.25) is 0 Å². The van der Waals surface area contributed by atoms with Crippen molar-refractivity contribution in [2.24, 2.45) is 5.41 Å². The van der Waals surface area contributed by atoms with Crippen LogP contribution < -0.4 is 0 Å². The first kappa shape index (κ1) is 7.07. The number of hydrogen-bond donors (Lipinski definition) is 0. The van der Waals surface area contributed by atoms with E-state index in [2.05, 4.69) is 32.8 Å². The largest absolute Gasteiger partial charge is 0.306 e. The van der Waals surface area contributed by atoms with Crippen LogP contribution in [0.15, 0.2) is 0 Å². The molecular formula is C8H17N. The molecule has 1 aliphatic carbocycles. The molecule has 9 heavy (non-hydrogen) atoms. The molecule has 0 aliphatic heterocycles. The van der Waals surface area contributed by atoms with Crippen LogP contribution in [0.2, 0.25) is 0 Å². The molecule has 0 radical (unpaired) electrons. The molecule has 0 amide bonds. The minimum atomic E-state index is 0.587. The molecule has 1 rings (SSSR count). The third-order valence-corrected chi connectivity index (χ3v) is 2.59. The summed E-state index contributed by atoms with van der Waals surface area (Å²) in [5.41, 5.74) is 0.587. The Morgan fingerprint density at radius 3 is 1.89 bits per heavy atom. The SMILES string of the molecule is CN(C)C1CCC1(C)C. The first-order valence-electron chi connectivity index (χ1n) is 3.70. The van der Waals surface area contributed by atoms with E-state index in [0.717, 1.165) is 6.04 Å². The smallest absolute Gasteiger partial charge is 0.0140 e. The standard InChI is InChI=1S/C8H17N/c1-8(2)6-5-7(8)9(3)4/h7H,5-6H2,1-4H3. The maximum Gasteiger partial charge on any atom is 0.0140 e. The van der Waals surface area contributed by atoms with E-state index in [9.17, 15) is 0 Å². The fraction of sp³-hybridized carbons (Fsp3) is 1.00. The van der Waals surface area contributed by atoms with Gasteiger partial charge >= 0.3 is 0 Å². The van der Waals surface area contributed by atoms with E-state index in [1.165, 1.54) is 12.8 Å². The van der Waals surface area contributed by atoms with Crippen molar-refractivity contribution in [3.8, 4) is 0 Å². The first-order chi connectivity index (χ1) is 4.04. The molecule has 0 aromatic rings. The van der Waals surface area contributed by atoms with E-state index < -0.39 is 0 Å². The molecular weight excluding hydrogens is 110 g/mol. The van der Waals surface area contributed by atoms with Crippen molar-refractivity contribution < 1.29 is 0 Å². The summed E-state index contributed by atoms with van der Waals surface area (Å²) in [5, 5.41) is 0. The molecule has 0 N–H and O–H groups in total. The molecule has 1 aliphatic rings. The van der Waals surface area contributed by atoms with Gasteiger partial charge in [0, 0.05) is 6.04 Å². The van der Waals surface area contributed by atoms with Crippen molar-refractivity contribution in [2.75, 3.05) is 14.1 Å². The van der Waals surface area contributed by atoms with Gasteiger partial charge in [0.05, 0.1) is 0 Å². The van der Waals surface area contributed by atoms with Crippen LogP contribution in [0.25, 0.3) is 0 Å². The lowest BCUT2D eigenvalue weighted by Gasteiger charge is -2.48. The van der Waals surface area contributed by atoms with Gasteiger partial charge in [0.2, 0.25) is 0 Å². The Labute approximate surface area is 58.0 Å². The highest BCUT2D eigenvalue weighted by Crippen LogP contribution is 2.42. The Balaban J connectivity index is 2.45. The van der Waals surface area contributed by atoms with Gasteiger partial charge in [0.15, 0.2) is 0 Å². The third kappa shape index (κ3) is 1.11. The quantitative estimate of drug-likeness (QED) is 0.518. The van der Waals surface area contributed by atoms with E-state index in [4.69, 9.17) is 0 Å². The maximum absolute atomic E-state index is 2.35. The van der Waals surface area contributed by atoms with Gasteiger partial charge < -0.3 is 4.90 Å². The second kappa shape index (κ2) is 1.98. The zero-order valence-electron chi connectivity index (χ0n) is 6.94. The first-order valence-corrected chi connectivity index (χ1v) is 3.70. The topological polar surface area (TPSA) is 3.24 Å². The third-order valence-electron chi connectivity index (χ3n) is 2.59. The van der Waals surface area contributed by atoms with E-state index in [-0.39, 0.29) is 0 Å². The second-order valence-corrected chi connectivity index (χ2v) is 4.01. The lowest BCUT2D eigenvalue weighted by molar-refractivity contribution is 0.0315. The average molecular weight is 127 g/mol. The van der Waals surface area contributed by atoms with Gasteiger partial charge in [0.1, 0.15) is 0 Å². The highest BCUT2D eigenvalue weighted by molar-refractivity contribution is 4.93. The van der Waals surface area contributed by atoms with E-state index >= 15 is 0 Å². The lowest BCUT2D eigenvalue weighted by Crippen LogP contribution is -2.49. The van der Waals surface area contributed by atoms with Gasteiger partial charge in [-0.1, -0.05) is 13.8 Å². The zero-order valence-corrected chi connectivity index (χ0v) is 6.94. The van der Waals surface area contributed by atoms with Crippen LogP contribution >= 0.6 is 0 Å². The minimum Gasteiger partial charge on any atom is -0.306 e. The average Bonchev–Trinajstić information content (AvgIpc) is 1.62. The predicted molar refractivity (Wildman–Crippen MR) is 40.5 cm³/mol. The van der Waals surface area contributed by atoms with Crippen molar-refractivity contribution in [3.05, 3.63) is 0 Å². The van der Waals surface area contributed by atoms with Crippen LogP contribution in [0.5, 0.6) is 0 Å². The second-order valence-electron chi connectivity index (χ2n) is 4.01. The molecule has 1 heteroatoms. The van der Waals surface area contributed by atoms with Crippen molar-refractivity contribution in [3.63, 3.8) is 0 Å². The van der Waals surface area contributed by atoms with E-state index in [1.807, 2.05) is 0 Å². The fourth-order valence-electron chi connectivity index (χ4n) is 1.81. The predicted octanol–water partition coefficient (Wildman–Crippen LogP) is 1.74. The van der Waals surface area contributed by atoms with Gasteiger partial charge in [0.25, 0.3) is 0 Å². The van der Waals surface area contributed by atoms with E-state index in [1.54, 1.807) is 0 Å². The summed E-state index contributed by atoms with van der Waals surface area (Å²) in [6, 6.07) is 0.831. The molecule has 0 spiro atoms. The van der Waals surface area contributed by atoms with Gasteiger partial charge in [-0.25, -0.2) is 0 Å². The molecule has 1 atom stereocenters. The number of hydrogen-bond acceptors (Lipinski definition) is 1. The Kier molecular flexibility index (Phi) is 1.55. The molecule has 1 saturated carbocycles. The van der Waals surface area contributed by atoms with Gasteiger partial charge in [-0.15, -0.1) is 0 Å². The summed E-state index contributed by atoms with van der Waals surface area (Å²) in [6.45, 7) is 4.70. The molecule has 1 nitrogen and oxygen atoms in total. The summed E-state index contributed by atoms with van der Waals surface area (Å²) in [4.78, 5) is 2.34. The molecule has 0 heterocycles. The number of nitrogens with zero attached hydrogens (tertiary/aromatic N) is 1. The highest BCUT2D eigenvalue weighted by Gasteiger charge is 2.39. The lowest BCUT2D eigenvalue weighted by atomic mass is 9.67. The maximum atomic E-state index is 2.35. The van der Waals surface area contributed by atoms with Crippen LogP contribution in [0.3, 0.4) is 0 Å². The molecule has 0 aromatic carbocycles. The molecule has 0 bridgehead atoms. The van der Waals surface area contributed by atoms with Crippen LogP contribution in [-0.2, 0) is 0 Å². The monoisotopic (exact) mass is 127 g/mol. The van der Waals surface area contributed by atoms with Gasteiger partial charge in [-0.2, -0.15) is 0 Å². The molecule has 1 unspecified atom stereocenters. The fourth-order valence-corrected chi connectivity index (χ4v) is 1.81. The van der Waals surface area contributed by atoms with Crippen molar-refractivity contribution in [2.45, 2.75) is 32.7 Å². The Hall–Kier alpha value is -0.0400. The van der Waals surface area contributed by atoms with Crippen LogP contribution in [-0.4, -0.2) is 25.0 Å². The summed E-state index contributed by atoms with van der Waals surface area (Å²) in [5.74, 6) is 0. The Morgan fingerprint density at radius 1 is 1.33 bits per heavy atom. The zero-order chi connectivity index (χ0) is 7.07. The summed E-state index contributed by atoms with van der Waals surface area (Å²) >= 11 is 0. The van der Waals surface area contributed by atoms with Gasteiger partial charge in [-0.05, 0) is 32.4 Å². The molecule has 54 valence electrons. The van der Waals surface area contributed by atoms with Crippen LogP contribution in [0.1, 0.15) is 26.7 Å². The van der Waals surface area contributed by atoms with Crippen molar-refractivity contribution >= 4 is 0 Å². The molecule has 1 fully saturated rings. The Morgan fingerprint density at radius 2 is 1.89 bits per heavy atom. The molecule has 0 saturated heterocycles. The summed E-state index contributed by atoms with van der Waals surface area (Å²) in [7, 11) is 4.34. The number of rotatable bonds is 1. The van der Waals surface area contributed by atoms with Crippen LogP contribution in [0, 0.1) is 5.41 Å². The summed E-state index contributed by atoms with van der Waals surface area (Å²) in [6.07, 6.45) is 2.79. The normalized spacial score (nSPS) is 32.3. The Bertz CT molecular complexity index is 105. The van der Waals surface area contributed by atoms with E-state index in [0.29, 0.717) is 5.41 Å². The van der Waals surface area contributed by atoms with Crippen LogP contribution in [0.4, 0.5) is 0 Å². The van der Waals surface area contributed by atoms with Crippen molar-refractivity contribution in [1.29, 1.82) is 0 Å². The summed E-state index contributed by atoms with van der Waals surface area (Å²) < 4.78 is 0.